The van der Waals surface area contributed by atoms with Gasteiger partial charge in [-0.3, -0.25) is 9.69 Å². The fourth-order valence-corrected chi connectivity index (χ4v) is 3.92. The quantitative estimate of drug-likeness (QED) is 0.624. The number of hydrogen-bond donors (Lipinski definition) is 1. The monoisotopic (exact) mass is 425 g/mol. The number of benzene rings is 2. The Labute approximate surface area is 183 Å². The number of carbonyl (C=O) groups excluding carboxylic acids is 1. The van der Waals surface area contributed by atoms with E-state index in [9.17, 15) is 4.79 Å². The zero-order valence-electron chi connectivity index (χ0n) is 18.3. The standard InChI is InChI=1S/C24H31N3O4/c1-26(2)11-3-13-29-21-7-4-18(5-8-21)15-27-12-10-20(16-27)25-24(28)19-6-9-22-23(14-19)31-17-30-22/h4-9,14,20H,3,10-13,15-17H2,1-2H3,(H,25,28)/t20-/m0/s1. The molecule has 4 rings (SSSR count). The van der Waals surface area contributed by atoms with Crippen LogP contribution < -0.4 is 19.5 Å². The third-order valence-electron chi connectivity index (χ3n) is 5.59. The third kappa shape index (κ3) is 5.89. The van der Waals surface area contributed by atoms with E-state index in [0.717, 1.165) is 51.4 Å². The molecule has 7 nitrogen and oxygen atoms in total. The van der Waals surface area contributed by atoms with E-state index in [2.05, 4.69) is 41.3 Å². The van der Waals surface area contributed by atoms with Crippen LogP contribution in [0.3, 0.4) is 0 Å². The summed E-state index contributed by atoms with van der Waals surface area (Å²) in [6, 6.07) is 13.8. The maximum atomic E-state index is 12.6. The van der Waals surface area contributed by atoms with Gasteiger partial charge in [-0.05, 0) is 62.8 Å². The molecule has 0 radical (unpaired) electrons. The van der Waals surface area contributed by atoms with Crippen molar-refractivity contribution in [3.8, 4) is 17.2 Å². The minimum absolute atomic E-state index is 0.0686. The number of nitrogens with one attached hydrogen (secondary N) is 1. The number of carbonyl (C=O) groups is 1. The van der Waals surface area contributed by atoms with Crippen LogP contribution >= 0.6 is 0 Å². The van der Waals surface area contributed by atoms with Crippen LogP contribution in [-0.2, 0) is 6.54 Å². The van der Waals surface area contributed by atoms with Crippen molar-refractivity contribution in [2.75, 3.05) is 47.1 Å². The zero-order valence-corrected chi connectivity index (χ0v) is 18.3. The van der Waals surface area contributed by atoms with E-state index in [1.165, 1.54) is 5.56 Å². The molecule has 0 bridgehead atoms. The Morgan fingerprint density at radius 2 is 1.97 bits per heavy atom. The predicted octanol–water partition coefficient (Wildman–Crippen LogP) is 2.75. The summed E-state index contributed by atoms with van der Waals surface area (Å²) in [6.07, 6.45) is 1.96. The first-order valence-corrected chi connectivity index (χ1v) is 10.9. The average Bonchev–Trinajstić information content (AvgIpc) is 3.41. The van der Waals surface area contributed by atoms with E-state index in [0.29, 0.717) is 17.1 Å². The van der Waals surface area contributed by atoms with Gasteiger partial charge in [0.1, 0.15) is 5.75 Å². The lowest BCUT2D eigenvalue weighted by Crippen LogP contribution is -2.36. The molecule has 0 unspecified atom stereocenters. The molecule has 7 heteroatoms. The number of amides is 1. The van der Waals surface area contributed by atoms with Gasteiger partial charge >= 0.3 is 0 Å². The molecular weight excluding hydrogens is 394 g/mol. The average molecular weight is 426 g/mol. The molecule has 2 aromatic rings. The molecule has 1 atom stereocenters. The Morgan fingerprint density at radius 3 is 2.77 bits per heavy atom. The van der Waals surface area contributed by atoms with Crippen molar-refractivity contribution >= 4 is 5.91 Å². The highest BCUT2D eigenvalue weighted by atomic mass is 16.7. The van der Waals surface area contributed by atoms with Crippen LogP contribution in [0.15, 0.2) is 42.5 Å². The van der Waals surface area contributed by atoms with E-state index in [4.69, 9.17) is 14.2 Å². The maximum Gasteiger partial charge on any atom is 0.251 e. The molecule has 2 heterocycles. The van der Waals surface area contributed by atoms with E-state index in [1.54, 1.807) is 18.2 Å². The van der Waals surface area contributed by atoms with E-state index < -0.39 is 0 Å². The van der Waals surface area contributed by atoms with Crippen LogP contribution in [-0.4, -0.2) is 68.9 Å². The molecule has 31 heavy (non-hydrogen) atoms. The van der Waals surface area contributed by atoms with Crippen LogP contribution in [0.1, 0.15) is 28.8 Å². The van der Waals surface area contributed by atoms with Gasteiger partial charge in [-0.1, -0.05) is 12.1 Å². The van der Waals surface area contributed by atoms with Gasteiger partial charge in [0, 0.05) is 37.8 Å². The van der Waals surface area contributed by atoms with Crippen molar-refractivity contribution in [2.24, 2.45) is 0 Å². The van der Waals surface area contributed by atoms with Crippen molar-refractivity contribution in [3.63, 3.8) is 0 Å². The van der Waals surface area contributed by atoms with Crippen molar-refractivity contribution in [1.29, 1.82) is 0 Å². The summed E-state index contributed by atoms with van der Waals surface area (Å²) in [4.78, 5) is 17.1. The highest BCUT2D eigenvalue weighted by molar-refractivity contribution is 5.95. The van der Waals surface area contributed by atoms with Crippen LogP contribution in [0.4, 0.5) is 0 Å². The zero-order chi connectivity index (χ0) is 21.6. The van der Waals surface area contributed by atoms with Crippen LogP contribution in [0.25, 0.3) is 0 Å². The second kappa shape index (κ2) is 10.0. The van der Waals surface area contributed by atoms with Gasteiger partial charge in [0.2, 0.25) is 6.79 Å². The molecule has 1 amide bonds. The Morgan fingerprint density at radius 1 is 1.16 bits per heavy atom. The fourth-order valence-electron chi connectivity index (χ4n) is 3.92. The maximum absolute atomic E-state index is 12.6. The molecule has 0 aromatic heterocycles. The molecule has 1 saturated heterocycles. The van der Waals surface area contributed by atoms with E-state index >= 15 is 0 Å². The molecule has 1 N–H and O–H groups in total. The summed E-state index contributed by atoms with van der Waals surface area (Å²) in [7, 11) is 4.14. The van der Waals surface area contributed by atoms with Gasteiger partial charge in [0.05, 0.1) is 6.61 Å². The lowest BCUT2D eigenvalue weighted by molar-refractivity contribution is 0.0937. The molecule has 1 fully saturated rings. The number of likely N-dealkylation sites (tertiary alicyclic amines) is 1. The molecule has 166 valence electrons. The van der Waals surface area contributed by atoms with E-state index in [-0.39, 0.29) is 18.7 Å². The normalized spacial score (nSPS) is 17.8. The molecule has 2 aliphatic rings. The smallest absolute Gasteiger partial charge is 0.251 e. The van der Waals surface area contributed by atoms with Crippen molar-refractivity contribution < 1.29 is 19.0 Å². The van der Waals surface area contributed by atoms with Gasteiger partial charge in [0.15, 0.2) is 11.5 Å². The Kier molecular flexibility index (Phi) is 6.94. The predicted molar refractivity (Wildman–Crippen MR) is 119 cm³/mol. The van der Waals surface area contributed by atoms with Crippen LogP contribution in [0, 0.1) is 0 Å². The number of rotatable bonds is 9. The largest absolute Gasteiger partial charge is 0.494 e. The van der Waals surface area contributed by atoms with Gasteiger partial charge in [-0.25, -0.2) is 0 Å². The molecule has 0 aliphatic carbocycles. The highest BCUT2D eigenvalue weighted by Crippen LogP contribution is 2.32. The molecule has 2 aromatic carbocycles. The minimum atomic E-state index is -0.0686. The summed E-state index contributed by atoms with van der Waals surface area (Å²) in [5.41, 5.74) is 1.85. The first-order chi connectivity index (χ1) is 15.1. The van der Waals surface area contributed by atoms with Crippen molar-refractivity contribution in [2.45, 2.75) is 25.4 Å². The van der Waals surface area contributed by atoms with Crippen molar-refractivity contribution in [3.05, 3.63) is 53.6 Å². The van der Waals surface area contributed by atoms with Gasteiger partial charge < -0.3 is 24.4 Å². The SMILES string of the molecule is CN(C)CCCOc1ccc(CN2CC[C@H](NC(=O)c3ccc4c(c3)OCO4)C2)cc1. The third-order valence-corrected chi connectivity index (χ3v) is 5.59. The minimum Gasteiger partial charge on any atom is -0.494 e. The fraction of sp³-hybridized carbons (Fsp3) is 0.458. The number of hydrogen-bond acceptors (Lipinski definition) is 6. The summed E-state index contributed by atoms with van der Waals surface area (Å²) >= 11 is 0. The highest BCUT2D eigenvalue weighted by Gasteiger charge is 2.25. The topological polar surface area (TPSA) is 63.3 Å². The number of nitrogens with zero attached hydrogens (tertiary/aromatic N) is 2. The number of fused-ring (bicyclic) bond motifs is 1. The van der Waals surface area contributed by atoms with Gasteiger partial charge in [0.25, 0.3) is 5.91 Å². The Balaban J connectivity index is 1.21. The van der Waals surface area contributed by atoms with Crippen LogP contribution in [0.2, 0.25) is 0 Å². The van der Waals surface area contributed by atoms with E-state index in [1.807, 2.05) is 12.1 Å². The first-order valence-electron chi connectivity index (χ1n) is 10.9. The summed E-state index contributed by atoms with van der Waals surface area (Å²) in [5.74, 6) is 2.16. The van der Waals surface area contributed by atoms with Gasteiger partial charge in [-0.15, -0.1) is 0 Å². The summed E-state index contributed by atoms with van der Waals surface area (Å²) in [6.45, 7) is 4.65. The molecule has 2 aliphatic heterocycles. The molecule has 0 spiro atoms. The lowest BCUT2D eigenvalue weighted by atomic mass is 10.1. The second-order valence-corrected chi connectivity index (χ2v) is 8.41. The van der Waals surface area contributed by atoms with Crippen molar-refractivity contribution in [1.82, 2.24) is 15.1 Å². The van der Waals surface area contributed by atoms with Gasteiger partial charge in [-0.2, -0.15) is 0 Å². The lowest BCUT2D eigenvalue weighted by Gasteiger charge is -2.17. The first kappa shape index (κ1) is 21.5. The number of ether oxygens (including phenoxy) is 3. The Bertz CT molecular complexity index is 885. The second-order valence-electron chi connectivity index (χ2n) is 8.41. The summed E-state index contributed by atoms with van der Waals surface area (Å²) in [5, 5.41) is 3.15. The van der Waals surface area contributed by atoms with Crippen LogP contribution in [0.5, 0.6) is 17.2 Å². The summed E-state index contributed by atoms with van der Waals surface area (Å²) < 4.78 is 16.5. The molecule has 0 saturated carbocycles. The Hall–Kier alpha value is -2.77. The molecular formula is C24H31N3O4.